The first-order valence-electron chi connectivity index (χ1n) is 36.4. The highest BCUT2D eigenvalue weighted by Gasteiger charge is 2.39. The van der Waals surface area contributed by atoms with Crippen molar-refractivity contribution in [3.05, 3.63) is 144 Å². The van der Waals surface area contributed by atoms with Gasteiger partial charge in [-0.15, -0.1) is 0 Å². The fraction of sp³-hybridized carbons (Fsp3) is 0.468. The zero-order valence-corrected chi connectivity index (χ0v) is 64.9. The Hall–Kier alpha value is -11.6. The van der Waals surface area contributed by atoms with Crippen LogP contribution in [0.5, 0.6) is 0 Å². The second-order valence-electron chi connectivity index (χ2n) is 28.7. The molecule has 0 saturated carbocycles. The van der Waals surface area contributed by atoms with Gasteiger partial charge in [0, 0.05) is 65.6 Å². The normalized spacial score (nSPS) is 14.5. The van der Waals surface area contributed by atoms with Crippen LogP contribution in [0.25, 0.3) is 10.9 Å². The average Bonchev–Trinajstić information content (AvgIpc) is 1.61. The molecule has 13 amide bonds. The Morgan fingerprint density at radius 3 is 1.38 bits per heavy atom. The summed E-state index contributed by atoms with van der Waals surface area (Å²) in [7, 11) is -1.60. The molecule has 0 aliphatic carbocycles. The standard InChI is InChI=1S/C77H104N14O20S/c1-43(2)35-55(69(100)82-54(33-34-112(9)108)68(99)87-58(38-62(80)95)73(104)91-65(45(5)92)75(106)110-42-48-25-17-12-18-26-48)84-70(101)57(37-49-40-81-51-28-20-19-27-50(49)51)86-66(97)52(29-31-60(78)93)83-74(105)64(44(3)4)90-72(103)56(36-46-21-13-10-14-22-46)85-71(102)59(39-63(96)109-41-47-23-15-11-16-24-47)88-67(98)53(30-32-61(79)94)89-76(107)111-77(6,7)8/h10-28,40,43-45,52-59,64-65,81,92H,29-39,41-42H2,1-9H3,(H2,78,93)(H2,79,94)(H2,80,95)(H,82,100)(H,83,105)(H,84,101)(H,85,102)(H,86,97)(H,87,99)(H,88,98)(H,89,107)(H,90,103)(H,91,104)/t45-,52+,53+,54+,55+,56+,57+,58+,59+,64+,65+,112?/m1/s1. The Morgan fingerprint density at radius 2 is 0.866 bits per heavy atom. The molecule has 608 valence electrons. The van der Waals surface area contributed by atoms with Gasteiger partial charge in [0.2, 0.25) is 70.9 Å². The molecule has 1 heterocycles. The number of rotatable bonds is 45. The number of hydrogen-bond donors (Lipinski definition) is 15. The maximum Gasteiger partial charge on any atom is 0.408 e. The van der Waals surface area contributed by atoms with Crippen LogP contribution in [0, 0.1) is 11.8 Å². The highest BCUT2D eigenvalue weighted by Crippen LogP contribution is 2.21. The van der Waals surface area contributed by atoms with E-state index in [0.29, 0.717) is 33.2 Å². The molecule has 0 bridgehead atoms. The first-order chi connectivity index (χ1) is 52.9. The lowest BCUT2D eigenvalue weighted by Gasteiger charge is -2.29. The first kappa shape index (κ1) is 91.0. The van der Waals surface area contributed by atoms with Crippen LogP contribution in [0.3, 0.4) is 0 Å². The molecular formula is C77H104N14O20S. The van der Waals surface area contributed by atoms with Crippen molar-refractivity contribution in [2.24, 2.45) is 29.0 Å². The van der Waals surface area contributed by atoms with Gasteiger partial charge in [0.15, 0.2) is 6.04 Å². The van der Waals surface area contributed by atoms with Crippen molar-refractivity contribution in [3.8, 4) is 0 Å². The van der Waals surface area contributed by atoms with Gasteiger partial charge in [-0.2, -0.15) is 0 Å². The van der Waals surface area contributed by atoms with Crippen molar-refractivity contribution in [1.29, 1.82) is 0 Å². The molecule has 35 heteroatoms. The third kappa shape index (κ3) is 32.1. The number of amides is 13. The van der Waals surface area contributed by atoms with E-state index in [1.54, 1.807) is 156 Å². The van der Waals surface area contributed by atoms with Crippen molar-refractivity contribution in [1.82, 2.24) is 58.2 Å². The number of nitrogens with one attached hydrogen (secondary N) is 11. The second-order valence-corrected chi connectivity index (χ2v) is 30.2. The van der Waals surface area contributed by atoms with Gasteiger partial charge in [-0.3, -0.25) is 66.5 Å². The number of fused-ring (bicyclic) bond motifs is 1. The van der Waals surface area contributed by atoms with Gasteiger partial charge in [0.1, 0.15) is 73.2 Å². The molecule has 18 N–H and O–H groups in total. The lowest BCUT2D eigenvalue weighted by atomic mass is 9.99. The number of alkyl carbamates (subject to hydrolysis) is 1. The Balaban J connectivity index is 1.45. The number of aromatic nitrogens is 1. The molecule has 5 rings (SSSR count). The molecular weight excluding hydrogens is 1470 g/mol. The van der Waals surface area contributed by atoms with Crippen LogP contribution < -0.4 is 70.4 Å². The Labute approximate surface area is 651 Å². The van der Waals surface area contributed by atoms with E-state index in [0.717, 1.165) is 0 Å². The molecule has 0 spiro atoms. The Morgan fingerprint density at radius 1 is 0.455 bits per heavy atom. The van der Waals surface area contributed by atoms with E-state index in [-0.39, 0.29) is 57.0 Å². The van der Waals surface area contributed by atoms with Gasteiger partial charge in [-0.1, -0.05) is 137 Å². The molecule has 112 heavy (non-hydrogen) atoms. The number of H-pyrrole nitrogens is 1. The van der Waals surface area contributed by atoms with E-state index in [2.05, 4.69) is 58.2 Å². The number of carbonyl (C=O) groups is 15. The van der Waals surface area contributed by atoms with Crippen LogP contribution in [0.2, 0.25) is 0 Å². The number of aliphatic hydroxyl groups is 1. The zero-order chi connectivity index (χ0) is 82.9. The van der Waals surface area contributed by atoms with E-state index in [1.807, 2.05) is 0 Å². The van der Waals surface area contributed by atoms with Gasteiger partial charge in [-0.25, -0.2) is 9.59 Å². The zero-order valence-electron chi connectivity index (χ0n) is 64.1. The van der Waals surface area contributed by atoms with Crippen molar-refractivity contribution in [3.63, 3.8) is 0 Å². The van der Waals surface area contributed by atoms with Gasteiger partial charge in [-0.05, 0) is 93.5 Å². The number of aliphatic hydroxyl groups excluding tert-OH is 1. The van der Waals surface area contributed by atoms with Crippen LogP contribution in [0.1, 0.15) is 129 Å². The summed E-state index contributed by atoms with van der Waals surface area (Å²) in [5.41, 5.74) is 18.2. The van der Waals surface area contributed by atoms with E-state index in [9.17, 15) is 76.4 Å². The summed E-state index contributed by atoms with van der Waals surface area (Å²) in [6.07, 6.45) is -4.34. The minimum absolute atomic E-state index is 0.126. The van der Waals surface area contributed by atoms with Crippen molar-refractivity contribution >= 4 is 111 Å². The topological polar surface area (TPSA) is 535 Å². The average molecular weight is 1580 g/mol. The molecule has 0 aliphatic rings. The molecule has 5 aromatic rings. The lowest BCUT2D eigenvalue weighted by Crippen LogP contribution is -2.62. The van der Waals surface area contributed by atoms with Crippen LogP contribution in [-0.4, -0.2) is 187 Å². The number of aromatic amines is 1. The van der Waals surface area contributed by atoms with Gasteiger partial charge < -0.3 is 94.7 Å². The summed E-state index contributed by atoms with van der Waals surface area (Å²) in [4.78, 5) is 212. The number of ether oxygens (including phenoxy) is 3. The van der Waals surface area contributed by atoms with Crippen LogP contribution >= 0.6 is 0 Å². The lowest BCUT2D eigenvalue weighted by molar-refractivity contribution is -0.152. The number of para-hydroxylation sites is 1. The molecule has 0 radical (unpaired) electrons. The summed E-state index contributed by atoms with van der Waals surface area (Å²) in [5, 5.41) is 36.4. The molecule has 0 saturated heterocycles. The predicted octanol–water partition coefficient (Wildman–Crippen LogP) is 0.344. The van der Waals surface area contributed by atoms with Gasteiger partial charge in [0.25, 0.3) is 0 Å². The summed E-state index contributed by atoms with van der Waals surface area (Å²) >= 11 is 0. The predicted molar refractivity (Wildman–Crippen MR) is 410 cm³/mol. The Kier molecular flexibility index (Phi) is 36.5. The molecule has 0 aliphatic heterocycles. The van der Waals surface area contributed by atoms with Crippen LogP contribution in [0.15, 0.2) is 121 Å². The quantitative estimate of drug-likeness (QED) is 0.0185. The van der Waals surface area contributed by atoms with Gasteiger partial charge in [0.05, 0.1) is 18.9 Å². The number of carbonyl (C=O) groups excluding carboxylic acids is 15. The molecule has 4 aromatic carbocycles. The van der Waals surface area contributed by atoms with Gasteiger partial charge >= 0.3 is 18.0 Å². The fourth-order valence-corrected chi connectivity index (χ4v) is 11.9. The minimum atomic E-state index is -1.86. The number of nitrogens with two attached hydrogens (primary N) is 3. The number of primary amides is 3. The van der Waals surface area contributed by atoms with E-state index in [4.69, 9.17) is 31.4 Å². The molecule has 12 atom stereocenters. The largest absolute Gasteiger partial charge is 0.461 e. The smallest absolute Gasteiger partial charge is 0.408 e. The van der Waals surface area contributed by atoms with E-state index in [1.165, 1.54) is 27.0 Å². The summed E-state index contributed by atoms with van der Waals surface area (Å²) in [6.45, 7) is 11.9. The van der Waals surface area contributed by atoms with Crippen LogP contribution in [-0.2, 0) is 118 Å². The van der Waals surface area contributed by atoms with Crippen LogP contribution in [0.4, 0.5) is 4.79 Å². The van der Waals surface area contributed by atoms with E-state index < -0.39 is 210 Å². The highest BCUT2D eigenvalue weighted by molar-refractivity contribution is 7.84. The molecule has 0 fully saturated rings. The molecule has 1 aromatic heterocycles. The van der Waals surface area contributed by atoms with E-state index >= 15 is 4.79 Å². The number of hydrogen-bond acceptors (Lipinski definition) is 20. The maximum absolute atomic E-state index is 15.1. The molecule has 34 nitrogen and oxygen atoms in total. The summed E-state index contributed by atoms with van der Waals surface area (Å²) in [6, 6.07) is 15.4. The maximum atomic E-state index is 15.1. The SMILES string of the molecule is CC(C)C[C@H](NC(=O)[C@H](Cc1c[nH]c2ccccc12)NC(=O)[C@H](CCC(N)=O)NC(=O)[C@@H](NC(=O)[C@H](Cc1ccccc1)NC(=O)[C@H](CC(=O)OCc1ccccc1)NC(=O)[C@H](CCC(N)=O)NC(=O)OC(C)(C)C)C(C)C)C(=O)N[C@@H](CCS(C)=O)C(=O)N[C@@H](CC(N)=O)C(=O)N[C@H](C(=O)OCc1ccccc1)[C@@H](C)O. The van der Waals surface area contributed by atoms with Crippen molar-refractivity contribution in [2.45, 2.75) is 205 Å². The number of esters is 2. The third-order valence-corrected chi connectivity index (χ3v) is 17.9. The monoisotopic (exact) mass is 1580 g/mol. The second kappa shape index (κ2) is 44.9. The highest BCUT2D eigenvalue weighted by atomic mass is 32.2. The fourth-order valence-electron chi connectivity index (χ4n) is 11.3. The Bertz CT molecular complexity index is 4100. The molecule has 1 unspecified atom stereocenters. The summed E-state index contributed by atoms with van der Waals surface area (Å²) in [5.74, 6) is -15.9. The third-order valence-electron chi connectivity index (χ3n) is 17.1. The number of benzene rings is 4. The minimum Gasteiger partial charge on any atom is -0.461 e. The first-order valence-corrected chi connectivity index (χ1v) is 38.1. The summed E-state index contributed by atoms with van der Waals surface area (Å²) < 4.78 is 28.7. The van der Waals surface area contributed by atoms with Crippen molar-refractivity contribution in [2.75, 3.05) is 12.0 Å². The van der Waals surface area contributed by atoms with Crippen molar-refractivity contribution < 1.29 is 95.4 Å².